The smallest absolute Gasteiger partial charge is 0.422 e. The number of anilines is 1. The molecule has 9 heteroatoms. The number of fused-ring (bicyclic) bond motifs is 1. The standard InChI is InChI=1S/C24H18F3N3O3/c1-15-28-19-7-3-2-6-18(19)23(32)30(15)17-12-10-16(11-13-17)22(31)29-20-8-4-5-9-21(20)33-14-24(25,26)27/h2-13H,14H2,1H3,(H,29,31). The zero-order valence-corrected chi connectivity index (χ0v) is 17.4. The van der Waals surface area contributed by atoms with Gasteiger partial charge in [-0.3, -0.25) is 14.2 Å². The fourth-order valence-corrected chi connectivity index (χ4v) is 3.36. The summed E-state index contributed by atoms with van der Waals surface area (Å²) in [5, 5.41) is 3.03. The van der Waals surface area contributed by atoms with Crippen LogP contribution < -0.4 is 15.6 Å². The summed E-state index contributed by atoms with van der Waals surface area (Å²) in [6, 6.07) is 19.1. The van der Waals surface area contributed by atoms with Crippen LogP contribution in [0.3, 0.4) is 0 Å². The molecule has 6 nitrogen and oxygen atoms in total. The average Bonchev–Trinajstić information content (AvgIpc) is 2.78. The van der Waals surface area contributed by atoms with E-state index in [1.807, 2.05) is 0 Å². The molecular formula is C24H18F3N3O3. The summed E-state index contributed by atoms with van der Waals surface area (Å²) in [4.78, 5) is 30.0. The number of nitrogens with zero attached hydrogens (tertiary/aromatic N) is 2. The molecule has 1 N–H and O–H groups in total. The Morgan fingerprint density at radius 1 is 1.00 bits per heavy atom. The third-order valence-corrected chi connectivity index (χ3v) is 4.86. The van der Waals surface area contributed by atoms with E-state index in [0.717, 1.165) is 0 Å². The normalized spacial score (nSPS) is 11.4. The monoisotopic (exact) mass is 453 g/mol. The molecule has 33 heavy (non-hydrogen) atoms. The van der Waals surface area contributed by atoms with Crippen molar-refractivity contribution in [2.45, 2.75) is 13.1 Å². The second kappa shape index (κ2) is 8.78. The van der Waals surface area contributed by atoms with Gasteiger partial charge >= 0.3 is 6.18 Å². The van der Waals surface area contributed by atoms with Crippen molar-refractivity contribution in [3.8, 4) is 11.4 Å². The number of hydrogen-bond donors (Lipinski definition) is 1. The summed E-state index contributed by atoms with van der Waals surface area (Å²) in [5.41, 5.74) is 1.26. The van der Waals surface area contributed by atoms with Gasteiger partial charge in [0.15, 0.2) is 6.61 Å². The van der Waals surface area contributed by atoms with E-state index in [1.165, 1.54) is 34.9 Å². The van der Waals surface area contributed by atoms with Crippen LogP contribution in [0.15, 0.2) is 77.6 Å². The second-order valence-corrected chi connectivity index (χ2v) is 7.22. The molecule has 168 valence electrons. The van der Waals surface area contributed by atoms with Gasteiger partial charge in [0.1, 0.15) is 11.6 Å². The van der Waals surface area contributed by atoms with Crippen molar-refractivity contribution in [2.75, 3.05) is 11.9 Å². The van der Waals surface area contributed by atoms with Crippen LogP contribution in [0.2, 0.25) is 0 Å². The number of carbonyl (C=O) groups excluding carboxylic acids is 1. The molecule has 0 spiro atoms. The molecule has 0 aliphatic rings. The van der Waals surface area contributed by atoms with E-state index < -0.39 is 18.7 Å². The lowest BCUT2D eigenvalue weighted by Crippen LogP contribution is -2.22. The number of amides is 1. The Morgan fingerprint density at radius 3 is 2.39 bits per heavy atom. The van der Waals surface area contributed by atoms with Crippen molar-refractivity contribution in [2.24, 2.45) is 0 Å². The zero-order chi connectivity index (χ0) is 23.6. The van der Waals surface area contributed by atoms with Crippen LogP contribution in [0.1, 0.15) is 16.2 Å². The molecule has 0 radical (unpaired) electrons. The van der Waals surface area contributed by atoms with Crippen molar-refractivity contribution in [1.29, 1.82) is 0 Å². The van der Waals surface area contributed by atoms with Crippen LogP contribution in [0.4, 0.5) is 18.9 Å². The Balaban J connectivity index is 1.57. The van der Waals surface area contributed by atoms with Crippen molar-refractivity contribution in [3.63, 3.8) is 0 Å². The highest BCUT2D eigenvalue weighted by Gasteiger charge is 2.29. The molecule has 0 fully saturated rings. The Hall–Kier alpha value is -4.14. The minimum atomic E-state index is -4.50. The first-order valence-corrected chi connectivity index (χ1v) is 9.92. The van der Waals surface area contributed by atoms with E-state index in [9.17, 15) is 22.8 Å². The Kier molecular flexibility index (Phi) is 5.87. The molecule has 1 aromatic heterocycles. The van der Waals surface area contributed by atoms with Gasteiger partial charge in [-0.15, -0.1) is 0 Å². The molecule has 1 heterocycles. The fourth-order valence-electron chi connectivity index (χ4n) is 3.36. The summed E-state index contributed by atoms with van der Waals surface area (Å²) >= 11 is 0. The van der Waals surface area contributed by atoms with E-state index in [1.54, 1.807) is 49.4 Å². The van der Waals surface area contributed by atoms with Crippen LogP contribution in [-0.4, -0.2) is 28.2 Å². The summed E-state index contributed by atoms with van der Waals surface area (Å²) < 4.78 is 43.7. The maximum Gasteiger partial charge on any atom is 0.422 e. The summed E-state index contributed by atoms with van der Waals surface area (Å²) in [5.74, 6) is -0.138. The number of nitrogens with one attached hydrogen (secondary N) is 1. The van der Waals surface area contributed by atoms with Gasteiger partial charge in [-0.2, -0.15) is 13.2 Å². The van der Waals surface area contributed by atoms with Crippen LogP contribution in [0.5, 0.6) is 5.75 Å². The maximum atomic E-state index is 12.9. The van der Waals surface area contributed by atoms with E-state index in [4.69, 9.17) is 4.74 Å². The molecule has 1 amide bonds. The number of ether oxygens (including phenoxy) is 1. The molecular weight excluding hydrogens is 435 g/mol. The zero-order valence-electron chi connectivity index (χ0n) is 17.4. The molecule has 0 aliphatic heterocycles. The van der Waals surface area contributed by atoms with E-state index >= 15 is 0 Å². The molecule has 0 saturated carbocycles. The highest BCUT2D eigenvalue weighted by atomic mass is 19.4. The Labute approximate surface area is 186 Å². The minimum absolute atomic E-state index is 0.0933. The van der Waals surface area contributed by atoms with Crippen molar-refractivity contribution in [1.82, 2.24) is 9.55 Å². The number of carbonyl (C=O) groups is 1. The van der Waals surface area contributed by atoms with E-state index in [0.29, 0.717) is 22.4 Å². The van der Waals surface area contributed by atoms with Gasteiger partial charge in [-0.25, -0.2) is 4.98 Å². The number of aryl methyl sites for hydroxylation is 1. The molecule has 3 aromatic carbocycles. The van der Waals surface area contributed by atoms with Crippen LogP contribution in [0, 0.1) is 6.92 Å². The molecule has 0 aliphatic carbocycles. The number of para-hydroxylation sites is 3. The number of hydrogen-bond acceptors (Lipinski definition) is 4. The largest absolute Gasteiger partial charge is 0.482 e. The molecule has 0 unspecified atom stereocenters. The Morgan fingerprint density at radius 2 is 1.67 bits per heavy atom. The van der Waals surface area contributed by atoms with Crippen molar-refractivity contribution >= 4 is 22.5 Å². The second-order valence-electron chi connectivity index (χ2n) is 7.22. The topological polar surface area (TPSA) is 73.2 Å². The SMILES string of the molecule is Cc1nc2ccccc2c(=O)n1-c1ccc(C(=O)Nc2ccccc2OCC(F)(F)F)cc1. The summed E-state index contributed by atoms with van der Waals surface area (Å²) in [7, 11) is 0. The molecule has 4 aromatic rings. The first-order valence-electron chi connectivity index (χ1n) is 9.92. The number of halogens is 3. The van der Waals surface area contributed by atoms with Gasteiger partial charge in [0.2, 0.25) is 0 Å². The summed E-state index contributed by atoms with van der Waals surface area (Å²) in [6.45, 7) is 0.245. The molecule has 4 rings (SSSR count). The van der Waals surface area contributed by atoms with Gasteiger partial charge < -0.3 is 10.1 Å². The maximum absolute atomic E-state index is 12.9. The predicted octanol–water partition coefficient (Wildman–Crippen LogP) is 4.89. The molecule has 0 saturated heterocycles. The van der Waals surface area contributed by atoms with Gasteiger partial charge in [0.05, 0.1) is 22.3 Å². The highest BCUT2D eigenvalue weighted by Crippen LogP contribution is 2.27. The van der Waals surface area contributed by atoms with Crippen LogP contribution in [0.25, 0.3) is 16.6 Å². The van der Waals surface area contributed by atoms with Crippen molar-refractivity contribution < 1.29 is 22.7 Å². The first kappa shape index (κ1) is 22.1. The van der Waals surface area contributed by atoms with Gasteiger partial charge in [0, 0.05) is 5.56 Å². The quantitative estimate of drug-likeness (QED) is 0.467. The van der Waals surface area contributed by atoms with Crippen LogP contribution in [-0.2, 0) is 0 Å². The molecule has 0 bridgehead atoms. The lowest BCUT2D eigenvalue weighted by molar-refractivity contribution is -0.153. The first-order chi connectivity index (χ1) is 15.7. The lowest BCUT2D eigenvalue weighted by atomic mass is 10.1. The van der Waals surface area contributed by atoms with E-state index in [-0.39, 0.29) is 22.6 Å². The number of rotatable bonds is 5. The third kappa shape index (κ3) is 4.87. The number of alkyl halides is 3. The van der Waals surface area contributed by atoms with E-state index in [2.05, 4.69) is 10.3 Å². The molecule has 0 atom stereocenters. The minimum Gasteiger partial charge on any atom is -0.482 e. The van der Waals surface area contributed by atoms with Crippen LogP contribution >= 0.6 is 0 Å². The third-order valence-electron chi connectivity index (χ3n) is 4.86. The number of benzene rings is 3. The predicted molar refractivity (Wildman–Crippen MR) is 118 cm³/mol. The van der Waals surface area contributed by atoms with Gasteiger partial charge in [-0.05, 0) is 55.5 Å². The van der Waals surface area contributed by atoms with Gasteiger partial charge in [0.25, 0.3) is 11.5 Å². The average molecular weight is 453 g/mol. The highest BCUT2D eigenvalue weighted by molar-refractivity contribution is 6.05. The number of aromatic nitrogens is 2. The van der Waals surface area contributed by atoms with Gasteiger partial charge in [-0.1, -0.05) is 24.3 Å². The Bertz CT molecular complexity index is 1380. The van der Waals surface area contributed by atoms with Crippen molar-refractivity contribution in [3.05, 3.63) is 94.5 Å². The fraction of sp³-hybridized carbons (Fsp3) is 0.125. The summed E-state index contributed by atoms with van der Waals surface area (Å²) in [6.07, 6.45) is -4.50. The lowest BCUT2D eigenvalue weighted by Gasteiger charge is -2.14.